The maximum absolute atomic E-state index is 10.7. The van der Waals surface area contributed by atoms with Gasteiger partial charge in [-0.05, 0) is 37.7 Å². The number of thioether (sulfide) groups is 1. The monoisotopic (exact) mass is 209 g/mol. The van der Waals surface area contributed by atoms with Crippen LogP contribution in [0.15, 0.2) is 29.4 Å². The number of hydrogen-bond acceptors (Lipinski definition) is 3. The Hall–Kier alpha value is -0.830. The van der Waals surface area contributed by atoms with Gasteiger partial charge >= 0.3 is 0 Å². The number of hydrogen-bond donors (Lipinski definition) is 0. The van der Waals surface area contributed by atoms with Crippen LogP contribution in [0.2, 0.25) is 0 Å². The maximum Gasteiger partial charge on any atom is 0.129 e. The van der Waals surface area contributed by atoms with Crippen LogP contribution < -0.4 is 0 Å². The van der Waals surface area contributed by atoms with Crippen LogP contribution in [0.3, 0.4) is 0 Å². The SMILES string of the molecule is CC(=O)CCCCSc1ccncc1. The molecule has 1 aromatic heterocycles. The van der Waals surface area contributed by atoms with Crippen molar-refractivity contribution in [2.45, 2.75) is 31.1 Å². The highest BCUT2D eigenvalue weighted by molar-refractivity contribution is 7.99. The Kier molecular flexibility index (Phi) is 5.30. The molecule has 1 aromatic rings. The van der Waals surface area contributed by atoms with Gasteiger partial charge in [-0.15, -0.1) is 11.8 Å². The third-order valence-corrected chi connectivity index (χ3v) is 2.94. The van der Waals surface area contributed by atoms with E-state index in [4.69, 9.17) is 0 Å². The van der Waals surface area contributed by atoms with E-state index in [0.29, 0.717) is 5.78 Å². The van der Waals surface area contributed by atoms with Crippen LogP contribution in [0.1, 0.15) is 26.2 Å². The standard InChI is InChI=1S/C11H15NOS/c1-10(13)4-2-3-9-14-11-5-7-12-8-6-11/h5-8H,2-4,9H2,1H3. The van der Waals surface area contributed by atoms with Crippen LogP contribution in [-0.2, 0) is 4.79 Å². The molecule has 0 saturated heterocycles. The Labute approximate surface area is 89.1 Å². The second-order valence-electron chi connectivity index (χ2n) is 3.19. The Morgan fingerprint density at radius 3 is 2.71 bits per heavy atom. The van der Waals surface area contributed by atoms with Crippen LogP contribution in [0.25, 0.3) is 0 Å². The van der Waals surface area contributed by atoms with Crippen molar-refractivity contribution in [3.8, 4) is 0 Å². The molecule has 0 aliphatic carbocycles. The van der Waals surface area contributed by atoms with Gasteiger partial charge < -0.3 is 4.79 Å². The zero-order valence-corrected chi connectivity index (χ0v) is 9.22. The molecular formula is C11H15NOS. The minimum Gasteiger partial charge on any atom is -0.300 e. The van der Waals surface area contributed by atoms with E-state index in [-0.39, 0.29) is 0 Å². The van der Waals surface area contributed by atoms with Gasteiger partial charge in [0, 0.05) is 23.7 Å². The first-order chi connectivity index (χ1) is 6.79. The van der Waals surface area contributed by atoms with E-state index in [9.17, 15) is 4.79 Å². The molecule has 0 aliphatic heterocycles. The molecule has 76 valence electrons. The van der Waals surface area contributed by atoms with Crippen LogP contribution in [0.5, 0.6) is 0 Å². The van der Waals surface area contributed by atoms with E-state index < -0.39 is 0 Å². The molecule has 0 spiro atoms. The van der Waals surface area contributed by atoms with Gasteiger partial charge in [0.15, 0.2) is 0 Å². The van der Waals surface area contributed by atoms with E-state index in [1.807, 2.05) is 23.9 Å². The van der Waals surface area contributed by atoms with Crippen molar-refractivity contribution in [1.82, 2.24) is 4.98 Å². The van der Waals surface area contributed by atoms with Gasteiger partial charge in [0.05, 0.1) is 0 Å². The number of pyridine rings is 1. The summed E-state index contributed by atoms with van der Waals surface area (Å²) < 4.78 is 0. The second kappa shape index (κ2) is 6.60. The number of aromatic nitrogens is 1. The molecule has 1 rings (SSSR count). The Bertz CT molecular complexity index is 274. The highest BCUT2D eigenvalue weighted by atomic mass is 32.2. The van der Waals surface area contributed by atoms with Crippen molar-refractivity contribution in [3.63, 3.8) is 0 Å². The van der Waals surface area contributed by atoms with Crippen molar-refractivity contribution < 1.29 is 4.79 Å². The minimum absolute atomic E-state index is 0.291. The second-order valence-corrected chi connectivity index (χ2v) is 4.36. The summed E-state index contributed by atoms with van der Waals surface area (Å²) in [6, 6.07) is 4.02. The Morgan fingerprint density at radius 2 is 2.07 bits per heavy atom. The highest BCUT2D eigenvalue weighted by Crippen LogP contribution is 2.17. The van der Waals surface area contributed by atoms with Crippen LogP contribution >= 0.6 is 11.8 Å². The van der Waals surface area contributed by atoms with E-state index in [1.54, 1.807) is 19.3 Å². The van der Waals surface area contributed by atoms with E-state index >= 15 is 0 Å². The molecule has 0 aromatic carbocycles. The molecule has 0 fully saturated rings. The van der Waals surface area contributed by atoms with E-state index in [0.717, 1.165) is 25.0 Å². The first kappa shape index (κ1) is 11.2. The van der Waals surface area contributed by atoms with Crippen molar-refractivity contribution in [3.05, 3.63) is 24.5 Å². The van der Waals surface area contributed by atoms with Gasteiger partial charge in [0.2, 0.25) is 0 Å². The summed E-state index contributed by atoms with van der Waals surface area (Å²) in [5, 5.41) is 0. The van der Waals surface area contributed by atoms with Crippen LogP contribution in [0, 0.1) is 0 Å². The smallest absolute Gasteiger partial charge is 0.129 e. The number of carbonyl (C=O) groups is 1. The Morgan fingerprint density at radius 1 is 1.36 bits per heavy atom. The molecule has 14 heavy (non-hydrogen) atoms. The zero-order valence-electron chi connectivity index (χ0n) is 8.40. The molecule has 0 unspecified atom stereocenters. The summed E-state index contributed by atoms with van der Waals surface area (Å²) in [7, 11) is 0. The summed E-state index contributed by atoms with van der Waals surface area (Å²) in [5.41, 5.74) is 0. The molecule has 0 radical (unpaired) electrons. The molecule has 0 saturated carbocycles. The van der Waals surface area contributed by atoms with Crippen molar-refractivity contribution in [2.24, 2.45) is 0 Å². The van der Waals surface area contributed by atoms with Gasteiger partial charge in [-0.1, -0.05) is 0 Å². The highest BCUT2D eigenvalue weighted by Gasteiger charge is 1.95. The molecule has 1 heterocycles. The lowest BCUT2D eigenvalue weighted by atomic mass is 10.2. The fourth-order valence-corrected chi connectivity index (χ4v) is 2.00. The Balaban J connectivity index is 2.08. The summed E-state index contributed by atoms with van der Waals surface area (Å²) in [6.45, 7) is 1.65. The summed E-state index contributed by atoms with van der Waals surface area (Å²) in [6.07, 6.45) is 6.44. The molecule has 3 heteroatoms. The zero-order chi connectivity index (χ0) is 10.2. The van der Waals surface area contributed by atoms with Gasteiger partial charge in [-0.25, -0.2) is 0 Å². The largest absolute Gasteiger partial charge is 0.300 e. The van der Waals surface area contributed by atoms with Gasteiger partial charge in [0.1, 0.15) is 5.78 Å². The normalized spacial score (nSPS) is 10.1. The minimum atomic E-state index is 0.291. The van der Waals surface area contributed by atoms with Crippen molar-refractivity contribution in [1.29, 1.82) is 0 Å². The maximum atomic E-state index is 10.7. The van der Waals surface area contributed by atoms with Crippen molar-refractivity contribution >= 4 is 17.5 Å². The number of unbranched alkanes of at least 4 members (excludes halogenated alkanes) is 1. The number of rotatable bonds is 6. The van der Waals surface area contributed by atoms with Crippen molar-refractivity contribution in [2.75, 3.05) is 5.75 Å². The molecule has 0 N–H and O–H groups in total. The van der Waals surface area contributed by atoms with E-state index in [1.165, 1.54) is 4.90 Å². The molecule has 0 aliphatic rings. The molecule has 0 atom stereocenters. The fourth-order valence-electron chi connectivity index (χ4n) is 1.10. The lowest BCUT2D eigenvalue weighted by Crippen LogP contribution is -1.90. The number of ketones is 1. The third kappa shape index (κ3) is 5.02. The van der Waals surface area contributed by atoms with Gasteiger partial charge in [0.25, 0.3) is 0 Å². The predicted octanol–water partition coefficient (Wildman–Crippen LogP) is 2.93. The first-order valence-electron chi connectivity index (χ1n) is 4.81. The molecule has 2 nitrogen and oxygen atoms in total. The number of carbonyl (C=O) groups excluding carboxylic acids is 1. The van der Waals surface area contributed by atoms with Gasteiger partial charge in [-0.2, -0.15) is 0 Å². The average Bonchev–Trinajstić information content (AvgIpc) is 2.18. The van der Waals surface area contributed by atoms with Crippen LogP contribution in [-0.4, -0.2) is 16.5 Å². The average molecular weight is 209 g/mol. The summed E-state index contributed by atoms with van der Waals surface area (Å²) in [4.78, 5) is 15.9. The lowest BCUT2D eigenvalue weighted by Gasteiger charge is -1.99. The lowest BCUT2D eigenvalue weighted by molar-refractivity contribution is -0.117. The van der Waals surface area contributed by atoms with E-state index in [2.05, 4.69) is 4.98 Å². The topological polar surface area (TPSA) is 30.0 Å². The molecule has 0 amide bonds. The first-order valence-corrected chi connectivity index (χ1v) is 5.80. The summed E-state index contributed by atoms with van der Waals surface area (Å²) in [5.74, 6) is 1.37. The summed E-state index contributed by atoms with van der Waals surface area (Å²) >= 11 is 1.82. The fraction of sp³-hybridized carbons (Fsp3) is 0.455. The quantitative estimate of drug-likeness (QED) is 0.533. The number of nitrogens with zero attached hydrogens (tertiary/aromatic N) is 1. The number of Topliss-reactive ketones (excluding diaryl/α,β-unsaturated/α-hetero) is 1. The molecule has 0 bridgehead atoms. The third-order valence-electron chi connectivity index (χ3n) is 1.84. The van der Waals surface area contributed by atoms with Gasteiger partial charge in [-0.3, -0.25) is 4.98 Å². The van der Waals surface area contributed by atoms with Crippen LogP contribution in [0.4, 0.5) is 0 Å². The predicted molar refractivity (Wildman–Crippen MR) is 59.5 cm³/mol. The molecular weight excluding hydrogens is 194 g/mol.